The van der Waals surface area contributed by atoms with Crippen LogP contribution in [0.2, 0.25) is 0 Å². The molecule has 0 aliphatic carbocycles. The number of ether oxygens (including phenoxy) is 1. The van der Waals surface area contributed by atoms with Crippen LogP contribution in [0.25, 0.3) is 0 Å². The van der Waals surface area contributed by atoms with Crippen LogP contribution in [-0.4, -0.2) is 101 Å². The Morgan fingerprint density at radius 2 is 1.96 bits per heavy atom. The predicted molar refractivity (Wildman–Crippen MR) is 128 cm³/mol. The molecule has 1 saturated heterocycles. The fourth-order valence-electron chi connectivity index (χ4n) is 3.16. The summed E-state index contributed by atoms with van der Waals surface area (Å²) in [6.45, 7) is 9.49. The highest BCUT2D eigenvalue weighted by Crippen LogP contribution is 2.22. The van der Waals surface area contributed by atoms with E-state index in [0.717, 1.165) is 44.7 Å². The van der Waals surface area contributed by atoms with Crippen LogP contribution in [0.5, 0.6) is 0 Å². The number of likely N-dealkylation sites (N-methyl/N-ethyl adjacent to an activating group) is 2. The van der Waals surface area contributed by atoms with Crippen molar-refractivity contribution in [3.8, 4) is 0 Å². The van der Waals surface area contributed by atoms with E-state index in [-0.39, 0.29) is 36.4 Å². The van der Waals surface area contributed by atoms with Crippen molar-refractivity contribution in [2.24, 2.45) is 10.9 Å². The molecular formula is C20H40IN5O2. The van der Waals surface area contributed by atoms with E-state index >= 15 is 0 Å². The van der Waals surface area contributed by atoms with Gasteiger partial charge < -0.3 is 24.8 Å². The zero-order chi connectivity index (χ0) is 20.1. The Kier molecular flexibility index (Phi) is 15.5. The topological polar surface area (TPSA) is 60.4 Å². The Morgan fingerprint density at radius 3 is 2.54 bits per heavy atom. The largest absolute Gasteiger partial charge is 0.383 e. The number of rotatable bonds is 11. The molecule has 1 amide bonds. The Hall–Kier alpha value is -0.870. The summed E-state index contributed by atoms with van der Waals surface area (Å²) in [7, 11) is 7.42. The van der Waals surface area contributed by atoms with Gasteiger partial charge in [-0.3, -0.25) is 4.79 Å². The summed E-state index contributed by atoms with van der Waals surface area (Å²) >= 11 is 0. The van der Waals surface area contributed by atoms with Gasteiger partial charge >= 0.3 is 0 Å². The first-order valence-corrected chi connectivity index (χ1v) is 9.99. The Balaban J connectivity index is 0.00000729. The first-order chi connectivity index (χ1) is 13.0. The number of hydrogen-bond donors (Lipinski definition) is 1. The predicted octanol–water partition coefficient (Wildman–Crippen LogP) is 1.89. The average Bonchev–Trinajstić information content (AvgIpc) is 2.66. The minimum Gasteiger partial charge on any atom is -0.383 e. The van der Waals surface area contributed by atoms with E-state index in [1.807, 2.05) is 6.08 Å². The number of carbonyl (C=O) groups is 1. The number of hydrogen-bond acceptors (Lipinski definition) is 4. The smallest absolute Gasteiger partial charge is 0.243 e. The van der Waals surface area contributed by atoms with Gasteiger partial charge in [0.15, 0.2) is 5.96 Å². The lowest BCUT2D eigenvalue weighted by Crippen LogP contribution is -2.46. The summed E-state index contributed by atoms with van der Waals surface area (Å²) < 4.78 is 5.12. The number of halogens is 1. The van der Waals surface area contributed by atoms with Crippen LogP contribution in [-0.2, 0) is 9.53 Å². The molecule has 1 aliphatic rings. The molecule has 0 saturated carbocycles. The van der Waals surface area contributed by atoms with Gasteiger partial charge in [-0.1, -0.05) is 6.08 Å². The number of aliphatic imine (C=N–C) groups is 1. The standard InChI is InChI=1S/C20H39N5O2.HI/c1-6-11-21-20(22-17-19(26)23(2)3)25-13-9-18(10-14-25)8-7-12-24(4)15-16-27-5;/h6,18H,1,7-17H2,2-5H3,(H,21,22);1H. The number of amides is 1. The van der Waals surface area contributed by atoms with Gasteiger partial charge in [-0.2, -0.15) is 0 Å². The molecule has 0 aromatic carbocycles. The Labute approximate surface area is 188 Å². The van der Waals surface area contributed by atoms with Gasteiger partial charge in [0, 0.05) is 47.4 Å². The summed E-state index contributed by atoms with van der Waals surface area (Å²) in [5, 5.41) is 3.29. The number of carbonyl (C=O) groups excluding carboxylic acids is 1. The molecule has 28 heavy (non-hydrogen) atoms. The van der Waals surface area contributed by atoms with Crippen LogP contribution >= 0.6 is 24.0 Å². The lowest BCUT2D eigenvalue weighted by Gasteiger charge is -2.34. The second-order valence-corrected chi connectivity index (χ2v) is 7.47. The van der Waals surface area contributed by atoms with Gasteiger partial charge in [-0.15, -0.1) is 30.6 Å². The minimum atomic E-state index is 0. The molecule has 1 rings (SSSR count). The van der Waals surface area contributed by atoms with Crippen molar-refractivity contribution >= 4 is 35.8 Å². The summed E-state index contributed by atoms with van der Waals surface area (Å²) in [4.78, 5) is 22.5. The maximum absolute atomic E-state index is 11.8. The molecule has 0 bridgehead atoms. The molecule has 8 heteroatoms. The fourth-order valence-corrected chi connectivity index (χ4v) is 3.16. The van der Waals surface area contributed by atoms with Crippen LogP contribution in [0.4, 0.5) is 0 Å². The van der Waals surface area contributed by atoms with Crippen molar-refractivity contribution in [2.75, 3.05) is 74.1 Å². The summed E-state index contributed by atoms with van der Waals surface area (Å²) in [5.41, 5.74) is 0. The van der Waals surface area contributed by atoms with Crippen molar-refractivity contribution < 1.29 is 9.53 Å². The first kappa shape index (κ1) is 27.1. The van der Waals surface area contributed by atoms with Gasteiger partial charge in [0.2, 0.25) is 5.91 Å². The van der Waals surface area contributed by atoms with Crippen LogP contribution in [0, 0.1) is 5.92 Å². The van der Waals surface area contributed by atoms with E-state index in [1.165, 1.54) is 25.7 Å². The van der Waals surface area contributed by atoms with Gasteiger partial charge in [-0.25, -0.2) is 4.99 Å². The van der Waals surface area contributed by atoms with E-state index in [1.54, 1.807) is 26.1 Å². The Bertz CT molecular complexity index is 466. The van der Waals surface area contributed by atoms with Crippen LogP contribution < -0.4 is 5.32 Å². The highest BCUT2D eigenvalue weighted by molar-refractivity contribution is 14.0. The van der Waals surface area contributed by atoms with Gasteiger partial charge in [0.05, 0.1) is 6.61 Å². The number of methoxy groups -OCH3 is 1. The molecule has 0 spiro atoms. The molecule has 1 fully saturated rings. The van der Waals surface area contributed by atoms with Gasteiger partial charge in [-0.05, 0) is 45.2 Å². The molecule has 0 radical (unpaired) electrons. The fraction of sp³-hybridized carbons (Fsp3) is 0.800. The van der Waals surface area contributed by atoms with Gasteiger partial charge in [0.25, 0.3) is 0 Å². The van der Waals surface area contributed by atoms with Crippen LogP contribution in [0.3, 0.4) is 0 Å². The molecule has 1 N–H and O–H groups in total. The van der Waals surface area contributed by atoms with E-state index in [2.05, 4.69) is 33.7 Å². The summed E-state index contributed by atoms with van der Waals surface area (Å²) in [6.07, 6.45) is 6.68. The Morgan fingerprint density at radius 1 is 1.29 bits per heavy atom. The molecule has 0 atom stereocenters. The maximum Gasteiger partial charge on any atom is 0.243 e. The third-order valence-electron chi connectivity index (χ3n) is 5.01. The van der Waals surface area contributed by atoms with E-state index in [4.69, 9.17) is 4.74 Å². The summed E-state index contributed by atoms with van der Waals surface area (Å²) in [5.74, 6) is 1.62. The van der Waals surface area contributed by atoms with Crippen LogP contribution in [0.1, 0.15) is 25.7 Å². The number of piperidine rings is 1. The third-order valence-corrected chi connectivity index (χ3v) is 5.01. The number of guanidine groups is 1. The van der Waals surface area contributed by atoms with Crippen molar-refractivity contribution in [3.05, 3.63) is 12.7 Å². The van der Waals surface area contributed by atoms with Crippen molar-refractivity contribution in [1.82, 2.24) is 20.0 Å². The van der Waals surface area contributed by atoms with E-state index in [9.17, 15) is 4.79 Å². The van der Waals surface area contributed by atoms with E-state index < -0.39 is 0 Å². The van der Waals surface area contributed by atoms with Crippen molar-refractivity contribution in [2.45, 2.75) is 25.7 Å². The molecule has 0 unspecified atom stereocenters. The first-order valence-electron chi connectivity index (χ1n) is 9.99. The normalized spacial score (nSPS) is 15.3. The highest BCUT2D eigenvalue weighted by Gasteiger charge is 2.21. The molecule has 0 aromatic heterocycles. The quantitative estimate of drug-likeness (QED) is 0.200. The molecule has 0 aromatic rings. The lowest BCUT2D eigenvalue weighted by atomic mass is 9.92. The number of nitrogens with one attached hydrogen (secondary N) is 1. The zero-order valence-electron chi connectivity index (χ0n) is 18.2. The zero-order valence-corrected chi connectivity index (χ0v) is 20.5. The SMILES string of the molecule is C=CCNC(=NCC(=O)N(C)C)N1CCC(CCCN(C)CCOC)CC1.I. The highest BCUT2D eigenvalue weighted by atomic mass is 127. The van der Waals surface area contributed by atoms with Crippen molar-refractivity contribution in [3.63, 3.8) is 0 Å². The summed E-state index contributed by atoms with van der Waals surface area (Å²) in [6, 6.07) is 0. The number of nitrogens with zero attached hydrogens (tertiary/aromatic N) is 4. The molecule has 164 valence electrons. The average molecular weight is 509 g/mol. The van der Waals surface area contributed by atoms with Crippen LogP contribution in [0.15, 0.2) is 17.6 Å². The molecule has 1 heterocycles. The lowest BCUT2D eigenvalue weighted by molar-refractivity contribution is -0.127. The second kappa shape index (κ2) is 16.0. The monoisotopic (exact) mass is 509 g/mol. The van der Waals surface area contributed by atoms with Gasteiger partial charge in [0.1, 0.15) is 6.54 Å². The maximum atomic E-state index is 11.8. The van der Waals surface area contributed by atoms with Crippen molar-refractivity contribution in [1.29, 1.82) is 0 Å². The minimum absolute atomic E-state index is 0. The molecule has 7 nitrogen and oxygen atoms in total. The van der Waals surface area contributed by atoms with E-state index in [0.29, 0.717) is 6.54 Å². The molecule has 1 aliphatic heterocycles. The third kappa shape index (κ3) is 11.2. The number of likely N-dealkylation sites (tertiary alicyclic amines) is 1. The second-order valence-electron chi connectivity index (χ2n) is 7.47. The molecular weight excluding hydrogens is 469 g/mol.